The van der Waals surface area contributed by atoms with Crippen LogP contribution in [0.4, 0.5) is 0 Å². The fourth-order valence-electron chi connectivity index (χ4n) is 4.06. The van der Waals surface area contributed by atoms with E-state index in [1.165, 1.54) is 24.9 Å². The number of para-hydroxylation sites is 1. The Bertz CT molecular complexity index is 508. The van der Waals surface area contributed by atoms with Crippen LogP contribution in [-0.2, 0) is 11.3 Å². The van der Waals surface area contributed by atoms with Gasteiger partial charge in [0.25, 0.3) is 0 Å². The number of ether oxygens (including phenoxy) is 2. The number of nitrogens with zero attached hydrogens (tertiary/aromatic N) is 1. The van der Waals surface area contributed by atoms with Gasteiger partial charge in [0.2, 0.25) is 0 Å². The summed E-state index contributed by atoms with van der Waals surface area (Å²) in [6.45, 7) is 5.94. The lowest BCUT2D eigenvalue weighted by atomic mass is 9.93. The summed E-state index contributed by atoms with van der Waals surface area (Å²) < 4.78 is 12.1. The van der Waals surface area contributed by atoms with Crippen LogP contribution in [0.3, 0.4) is 0 Å². The van der Waals surface area contributed by atoms with E-state index in [1.54, 1.807) is 0 Å². The molecule has 0 radical (unpaired) electrons. The van der Waals surface area contributed by atoms with Crippen molar-refractivity contribution in [3.63, 3.8) is 0 Å². The maximum absolute atomic E-state index is 6.54. The van der Waals surface area contributed by atoms with E-state index >= 15 is 0 Å². The van der Waals surface area contributed by atoms with Gasteiger partial charge in [0.1, 0.15) is 11.4 Å². The first-order chi connectivity index (χ1) is 10.8. The summed E-state index contributed by atoms with van der Waals surface area (Å²) in [5.74, 6) is 1.08. The average Bonchev–Trinajstić information content (AvgIpc) is 2.97. The Labute approximate surface area is 132 Å². The molecule has 120 valence electrons. The van der Waals surface area contributed by atoms with E-state index in [2.05, 4.69) is 34.5 Å². The number of hydrogen-bond donors (Lipinski definition) is 1. The van der Waals surface area contributed by atoms with E-state index < -0.39 is 0 Å². The highest BCUT2D eigenvalue weighted by Gasteiger charge is 2.39. The summed E-state index contributed by atoms with van der Waals surface area (Å²) >= 11 is 0. The SMILES string of the molecule is c1ccc2c(c1)CN(C[C@H]1CCCN1)CC1(CCOCC1)O2. The molecule has 1 N–H and O–H groups in total. The van der Waals surface area contributed by atoms with Crippen molar-refractivity contribution in [3.8, 4) is 5.75 Å². The first-order valence-electron chi connectivity index (χ1n) is 8.63. The number of rotatable bonds is 2. The van der Waals surface area contributed by atoms with Gasteiger partial charge in [-0.05, 0) is 25.5 Å². The minimum Gasteiger partial charge on any atom is -0.485 e. The molecule has 0 unspecified atom stereocenters. The third kappa shape index (κ3) is 3.00. The second-order valence-corrected chi connectivity index (χ2v) is 6.97. The van der Waals surface area contributed by atoms with Crippen LogP contribution < -0.4 is 10.1 Å². The fourth-order valence-corrected chi connectivity index (χ4v) is 4.06. The van der Waals surface area contributed by atoms with Gasteiger partial charge in [0.15, 0.2) is 0 Å². The fraction of sp³-hybridized carbons (Fsp3) is 0.667. The molecule has 4 rings (SSSR count). The largest absolute Gasteiger partial charge is 0.485 e. The second-order valence-electron chi connectivity index (χ2n) is 6.97. The van der Waals surface area contributed by atoms with Crippen LogP contribution >= 0.6 is 0 Å². The molecule has 0 saturated carbocycles. The first kappa shape index (κ1) is 14.5. The van der Waals surface area contributed by atoms with E-state index in [4.69, 9.17) is 9.47 Å². The first-order valence-corrected chi connectivity index (χ1v) is 8.63. The summed E-state index contributed by atoms with van der Waals surface area (Å²) in [4.78, 5) is 2.60. The van der Waals surface area contributed by atoms with Crippen LogP contribution in [0.15, 0.2) is 24.3 Å². The molecule has 0 amide bonds. The number of fused-ring (bicyclic) bond motifs is 1. The molecule has 0 aliphatic carbocycles. The van der Waals surface area contributed by atoms with Crippen LogP contribution in [0.5, 0.6) is 5.75 Å². The van der Waals surface area contributed by atoms with E-state index in [0.29, 0.717) is 6.04 Å². The molecule has 3 aliphatic heterocycles. The predicted octanol–water partition coefficient (Wildman–Crippen LogP) is 2.18. The molecule has 3 aliphatic rings. The third-order valence-corrected chi connectivity index (χ3v) is 5.25. The summed E-state index contributed by atoms with van der Waals surface area (Å²) in [5, 5.41) is 3.63. The maximum atomic E-state index is 6.54. The summed E-state index contributed by atoms with van der Waals surface area (Å²) in [7, 11) is 0. The molecule has 1 atom stereocenters. The van der Waals surface area contributed by atoms with Crippen molar-refractivity contribution in [3.05, 3.63) is 29.8 Å². The maximum Gasteiger partial charge on any atom is 0.126 e. The molecule has 0 aromatic heterocycles. The third-order valence-electron chi connectivity index (χ3n) is 5.25. The van der Waals surface area contributed by atoms with Crippen LogP contribution in [-0.4, -0.2) is 49.4 Å². The monoisotopic (exact) mass is 302 g/mol. The highest BCUT2D eigenvalue weighted by atomic mass is 16.5. The van der Waals surface area contributed by atoms with Gasteiger partial charge in [0, 0.05) is 44.1 Å². The Morgan fingerprint density at radius 3 is 2.91 bits per heavy atom. The molecular weight excluding hydrogens is 276 g/mol. The Balaban J connectivity index is 1.58. The molecule has 0 bridgehead atoms. The van der Waals surface area contributed by atoms with Gasteiger partial charge < -0.3 is 14.8 Å². The van der Waals surface area contributed by atoms with Crippen LogP contribution in [0.2, 0.25) is 0 Å². The molecule has 2 fully saturated rings. The lowest BCUT2D eigenvalue weighted by molar-refractivity contribution is -0.0590. The smallest absolute Gasteiger partial charge is 0.126 e. The zero-order valence-corrected chi connectivity index (χ0v) is 13.2. The summed E-state index contributed by atoms with van der Waals surface area (Å²) in [6.07, 6.45) is 4.60. The summed E-state index contributed by atoms with van der Waals surface area (Å²) in [5.41, 5.74) is 1.26. The van der Waals surface area contributed by atoms with Gasteiger partial charge in [-0.15, -0.1) is 0 Å². The Kier molecular flexibility index (Phi) is 4.07. The zero-order chi connectivity index (χ0) is 14.8. The van der Waals surface area contributed by atoms with Gasteiger partial charge in [-0.25, -0.2) is 0 Å². The molecule has 2 saturated heterocycles. The Morgan fingerprint density at radius 1 is 1.23 bits per heavy atom. The lowest BCUT2D eigenvalue weighted by Crippen LogP contribution is -2.51. The number of nitrogens with one attached hydrogen (secondary N) is 1. The Morgan fingerprint density at radius 2 is 2.09 bits per heavy atom. The van der Waals surface area contributed by atoms with Crippen molar-refractivity contribution in [2.24, 2.45) is 0 Å². The van der Waals surface area contributed by atoms with Crippen molar-refractivity contribution < 1.29 is 9.47 Å². The summed E-state index contributed by atoms with van der Waals surface area (Å²) in [6, 6.07) is 9.19. The van der Waals surface area contributed by atoms with Gasteiger partial charge in [-0.1, -0.05) is 18.2 Å². The normalized spacial score (nSPS) is 28.1. The van der Waals surface area contributed by atoms with Crippen LogP contribution in [0.25, 0.3) is 0 Å². The average molecular weight is 302 g/mol. The molecule has 22 heavy (non-hydrogen) atoms. The van der Waals surface area contributed by atoms with E-state index in [9.17, 15) is 0 Å². The van der Waals surface area contributed by atoms with Crippen molar-refractivity contribution in [2.75, 3.05) is 32.8 Å². The minimum absolute atomic E-state index is 0.0660. The predicted molar refractivity (Wildman–Crippen MR) is 86.2 cm³/mol. The van der Waals surface area contributed by atoms with E-state index in [1.807, 2.05) is 0 Å². The topological polar surface area (TPSA) is 33.7 Å². The van der Waals surface area contributed by atoms with Crippen LogP contribution in [0.1, 0.15) is 31.2 Å². The molecule has 3 heterocycles. The van der Waals surface area contributed by atoms with Crippen molar-refractivity contribution in [2.45, 2.75) is 43.9 Å². The van der Waals surface area contributed by atoms with Gasteiger partial charge in [-0.2, -0.15) is 0 Å². The molecule has 1 aromatic carbocycles. The van der Waals surface area contributed by atoms with E-state index in [-0.39, 0.29) is 5.60 Å². The number of hydrogen-bond acceptors (Lipinski definition) is 4. The van der Waals surface area contributed by atoms with Crippen LogP contribution in [0, 0.1) is 0 Å². The van der Waals surface area contributed by atoms with Gasteiger partial charge in [-0.3, -0.25) is 4.90 Å². The van der Waals surface area contributed by atoms with E-state index in [0.717, 1.165) is 51.4 Å². The number of benzene rings is 1. The van der Waals surface area contributed by atoms with Gasteiger partial charge in [0.05, 0.1) is 13.2 Å². The standard InChI is InChI=1S/C18H26N2O2/c1-2-6-17-15(4-1)12-20(13-16-5-3-9-19-16)14-18(22-17)7-10-21-11-8-18/h1-2,4,6,16,19H,3,5,7-14H2/t16-/m1/s1. The zero-order valence-electron chi connectivity index (χ0n) is 13.2. The molecular formula is C18H26N2O2. The highest BCUT2D eigenvalue weighted by Crippen LogP contribution is 2.35. The quantitative estimate of drug-likeness (QED) is 0.908. The van der Waals surface area contributed by atoms with Crippen molar-refractivity contribution in [1.29, 1.82) is 0 Å². The van der Waals surface area contributed by atoms with Gasteiger partial charge >= 0.3 is 0 Å². The Hall–Kier alpha value is -1.10. The van der Waals surface area contributed by atoms with Crippen molar-refractivity contribution in [1.82, 2.24) is 10.2 Å². The molecule has 4 nitrogen and oxygen atoms in total. The highest BCUT2D eigenvalue weighted by molar-refractivity contribution is 5.35. The van der Waals surface area contributed by atoms with Crippen molar-refractivity contribution >= 4 is 0 Å². The molecule has 1 aromatic rings. The minimum atomic E-state index is -0.0660. The second kappa shape index (κ2) is 6.19. The lowest BCUT2D eigenvalue weighted by Gasteiger charge is -2.39. The molecule has 4 heteroatoms. The molecule has 1 spiro atoms.